The largest absolute Gasteiger partial charge is 0.480 e. The lowest BCUT2D eigenvalue weighted by Gasteiger charge is -2.26. The Morgan fingerprint density at radius 3 is 2.53 bits per heavy atom. The normalized spacial score (nSPS) is 15.6. The van der Waals surface area contributed by atoms with Crippen molar-refractivity contribution in [1.29, 1.82) is 0 Å². The van der Waals surface area contributed by atoms with E-state index in [-0.39, 0.29) is 6.10 Å². The van der Waals surface area contributed by atoms with E-state index < -0.39 is 10.7 Å². The summed E-state index contributed by atoms with van der Waals surface area (Å²) in [7, 11) is 0. The van der Waals surface area contributed by atoms with Crippen molar-refractivity contribution in [3.8, 4) is 5.88 Å². The van der Waals surface area contributed by atoms with E-state index in [9.17, 15) is 15.1 Å². The molecule has 2 aromatic rings. The van der Waals surface area contributed by atoms with Crippen molar-refractivity contribution < 1.29 is 19.8 Å². The highest BCUT2D eigenvalue weighted by Crippen LogP contribution is 2.33. The Morgan fingerprint density at radius 1 is 1.22 bits per heavy atom. The molecule has 1 fully saturated rings. The standard InChI is InChI=1S/C27H36N4O4S/c1-5-21(19(2)30-34)17-31(16-20-11-13-23(14-12-20)36-27(3,4)26(32)33)24-15-25(29-18-28-24)35-22-9-7-6-8-10-22/h5,11-15,18,22,34H,6-10,16-17H2,1-4H3,(H,32,33)/b21-5+,30-19-. The van der Waals surface area contributed by atoms with Gasteiger partial charge in [0, 0.05) is 24.1 Å². The molecule has 0 spiro atoms. The number of rotatable bonds is 11. The van der Waals surface area contributed by atoms with Gasteiger partial charge in [-0.1, -0.05) is 29.8 Å². The lowest BCUT2D eigenvalue weighted by molar-refractivity contribution is -0.138. The van der Waals surface area contributed by atoms with Crippen LogP contribution in [0.5, 0.6) is 5.88 Å². The smallest absolute Gasteiger partial charge is 0.319 e. The Bertz CT molecular complexity index is 1080. The van der Waals surface area contributed by atoms with Crippen molar-refractivity contribution in [2.24, 2.45) is 5.16 Å². The second-order valence-electron chi connectivity index (χ2n) is 9.51. The molecule has 1 heterocycles. The van der Waals surface area contributed by atoms with Crippen LogP contribution in [0.4, 0.5) is 5.82 Å². The molecule has 0 unspecified atom stereocenters. The van der Waals surface area contributed by atoms with E-state index in [0.29, 0.717) is 30.5 Å². The summed E-state index contributed by atoms with van der Waals surface area (Å²) in [6.45, 7) is 8.10. The predicted octanol–water partition coefficient (Wildman–Crippen LogP) is 5.95. The Morgan fingerprint density at radius 2 is 1.92 bits per heavy atom. The van der Waals surface area contributed by atoms with E-state index in [0.717, 1.165) is 28.9 Å². The lowest BCUT2D eigenvalue weighted by Crippen LogP contribution is -2.28. The number of carboxylic acids is 1. The molecule has 1 saturated carbocycles. The van der Waals surface area contributed by atoms with Crippen LogP contribution >= 0.6 is 11.8 Å². The molecule has 2 N–H and O–H groups in total. The number of anilines is 1. The topological polar surface area (TPSA) is 108 Å². The molecule has 36 heavy (non-hydrogen) atoms. The summed E-state index contributed by atoms with van der Waals surface area (Å²) < 4.78 is 5.26. The predicted molar refractivity (Wildman–Crippen MR) is 143 cm³/mol. The van der Waals surface area contributed by atoms with Crippen LogP contribution in [0.25, 0.3) is 0 Å². The van der Waals surface area contributed by atoms with E-state index in [1.165, 1.54) is 37.4 Å². The van der Waals surface area contributed by atoms with E-state index >= 15 is 0 Å². The number of allylic oxidation sites excluding steroid dienone is 1. The van der Waals surface area contributed by atoms with Crippen LogP contribution in [0, 0.1) is 0 Å². The fourth-order valence-corrected chi connectivity index (χ4v) is 4.99. The van der Waals surface area contributed by atoms with Gasteiger partial charge in [-0.2, -0.15) is 0 Å². The van der Waals surface area contributed by atoms with Gasteiger partial charge in [-0.05, 0) is 76.6 Å². The monoisotopic (exact) mass is 512 g/mol. The molecule has 0 saturated heterocycles. The van der Waals surface area contributed by atoms with Crippen LogP contribution in [0.15, 0.2) is 58.4 Å². The van der Waals surface area contributed by atoms with Crippen LogP contribution in [-0.2, 0) is 11.3 Å². The fourth-order valence-electron chi connectivity index (χ4n) is 4.04. The van der Waals surface area contributed by atoms with Crippen LogP contribution < -0.4 is 9.64 Å². The summed E-state index contributed by atoms with van der Waals surface area (Å²) in [5, 5.41) is 22.1. The van der Waals surface area contributed by atoms with Crippen molar-refractivity contribution in [3.05, 3.63) is 53.9 Å². The Balaban J connectivity index is 1.83. The SMILES string of the molecule is C/C=C(CN(Cc1ccc(SC(C)(C)C(=O)O)cc1)c1cc(OC2CCCCC2)ncn1)/C(C)=N\O. The number of carbonyl (C=O) groups is 1. The van der Waals surface area contributed by atoms with Gasteiger partial charge in [0.25, 0.3) is 0 Å². The molecular formula is C27H36N4O4S. The van der Waals surface area contributed by atoms with Crippen LogP contribution in [-0.4, -0.2) is 49.4 Å². The number of hydrogen-bond acceptors (Lipinski definition) is 8. The van der Waals surface area contributed by atoms with Crippen LogP contribution in [0.1, 0.15) is 65.4 Å². The number of nitrogens with zero attached hydrogens (tertiary/aromatic N) is 4. The molecule has 1 aromatic carbocycles. The summed E-state index contributed by atoms with van der Waals surface area (Å²) in [6.07, 6.45) is 9.33. The van der Waals surface area contributed by atoms with E-state index in [1.807, 2.05) is 43.3 Å². The van der Waals surface area contributed by atoms with Gasteiger partial charge < -0.3 is 20.0 Å². The highest BCUT2D eigenvalue weighted by atomic mass is 32.2. The summed E-state index contributed by atoms with van der Waals surface area (Å²) in [5.41, 5.74) is 2.45. The van der Waals surface area contributed by atoms with E-state index in [1.54, 1.807) is 20.8 Å². The highest BCUT2D eigenvalue weighted by molar-refractivity contribution is 8.01. The average molecular weight is 513 g/mol. The molecule has 1 aromatic heterocycles. The molecule has 0 bridgehead atoms. The van der Waals surface area contributed by atoms with Crippen molar-refractivity contribution in [2.45, 2.75) is 82.1 Å². The number of ether oxygens (including phenoxy) is 1. The first-order valence-corrected chi connectivity index (χ1v) is 13.1. The third-order valence-corrected chi connectivity index (χ3v) is 7.49. The highest BCUT2D eigenvalue weighted by Gasteiger charge is 2.28. The Kier molecular flexibility index (Phi) is 9.75. The summed E-state index contributed by atoms with van der Waals surface area (Å²) in [5.74, 6) is 0.429. The lowest BCUT2D eigenvalue weighted by atomic mass is 9.98. The molecule has 0 amide bonds. The second-order valence-corrected chi connectivity index (χ2v) is 11.2. The van der Waals surface area contributed by atoms with Gasteiger partial charge in [-0.3, -0.25) is 4.79 Å². The maximum Gasteiger partial charge on any atom is 0.319 e. The molecule has 3 rings (SSSR count). The minimum absolute atomic E-state index is 0.185. The summed E-state index contributed by atoms with van der Waals surface area (Å²) in [4.78, 5) is 23.3. The number of hydrogen-bond donors (Lipinski definition) is 2. The maximum atomic E-state index is 11.5. The van der Waals surface area contributed by atoms with Gasteiger partial charge in [-0.15, -0.1) is 11.8 Å². The molecule has 8 nitrogen and oxygen atoms in total. The second kappa shape index (κ2) is 12.8. The fraction of sp³-hybridized carbons (Fsp3) is 0.481. The quantitative estimate of drug-likeness (QED) is 0.165. The van der Waals surface area contributed by atoms with Gasteiger partial charge in [-0.25, -0.2) is 9.97 Å². The van der Waals surface area contributed by atoms with Gasteiger partial charge >= 0.3 is 5.97 Å². The van der Waals surface area contributed by atoms with Gasteiger partial charge in [0.15, 0.2) is 0 Å². The summed E-state index contributed by atoms with van der Waals surface area (Å²) >= 11 is 1.31. The van der Waals surface area contributed by atoms with Gasteiger partial charge in [0.2, 0.25) is 5.88 Å². The molecule has 194 valence electrons. The Labute approximate surface area is 217 Å². The molecule has 1 aliphatic carbocycles. The third-order valence-electron chi connectivity index (χ3n) is 6.30. The van der Waals surface area contributed by atoms with Crippen molar-refractivity contribution in [1.82, 2.24) is 9.97 Å². The zero-order chi connectivity index (χ0) is 26.1. The molecule has 9 heteroatoms. The zero-order valence-electron chi connectivity index (χ0n) is 21.5. The Hall–Kier alpha value is -3.07. The minimum atomic E-state index is -0.911. The number of carboxylic acid groups (broad SMARTS) is 1. The number of benzene rings is 1. The van der Waals surface area contributed by atoms with Crippen molar-refractivity contribution >= 4 is 29.3 Å². The third kappa shape index (κ3) is 7.71. The number of oxime groups is 1. The maximum absolute atomic E-state index is 11.5. The van der Waals surface area contributed by atoms with E-state index in [4.69, 9.17) is 4.74 Å². The molecule has 0 radical (unpaired) electrons. The average Bonchev–Trinajstić information content (AvgIpc) is 2.87. The number of aliphatic carboxylic acids is 1. The zero-order valence-corrected chi connectivity index (χ0v) is 22.3. The minimum Gasteiger partial charge on any atom is -0.480 e. The first kappa shape index (κ1) is 27.5. The van der Waals surface area contributed by atoms with Crippen molar-refractivity contribution in [3.63, 3.8) is 0 Å². The summed E-state index contributed by atoms with van der Waals surface area (Å²) in [6, 6.07) is 9.74. The van der Waals surface area contributed by atoms with Gasteiger partial charge in [0.1, 0.15) is 23.0 Å². The first-order valence-electron chi connectivity index (χ1n) is 12.3. The van der Waals surface area contributed by atoms with Crippen LogP contribution in [0.2, 0.25) is 0 Å². The van der Waals surface area contributed by atoms with E-state index in [2.05, 4.69) is 20.0 Å². The molecular weight excluding hydrogens is 476 g/mol. The molecule has 1 aliphatic rings. The van der Waals surface area contributed by atoms with Gasteiger partial charge in [0.05, 0.1) is 5.71 Å². The number of aromatic nitrogens is 2. The molecule has 0 atom stereocenters. The first-order chi connectivity index (χ1) is 17.2. The molecule has 0 aliphatic heterocycles. The van der Waals surface area contributed by atoms with Crippen LogP contribution in [0.3, 0.4) is 0 Å². The number of thioether (sulfide) groups is 1. The van der Waals surface area contributed by atoms with Crippen molar-refractivity contribution in [2.75, 3.05) is 11.4 Å².